The van der Waals surface area contributed by atoms with E-state index in [1.54, 1.807) is 0 Å². The summed E-state index contributed by atoms with van der Waals surface area (Å²) in [7, 11) is -4.31. The minimum atomic E-state index is -4.31. The molecule has 5 heteroatoms. The van der Waals surface area contributed by atoms with Crippen LogP contribution in [-0.2, 0) is 14.6 Å². The van der Waals surface area contributed by atoms with E-state index in [1.807, 2.05) is 0 Å². The lowest BCUT2D eigenvalue weighted by Crippen LogP contribution is -2.14. The first-order valence-corrected chi connectivity index (χ1v) is 13.0. The number of rotatable bonds is 21. The molecule has 1 atom stereocenters. The molecule has 0 aliphatic carbocycles. The fourth-order valence-electron chi connectivity index (χ4n) is 3.63. The zero-order chi connectivity index (χ0) is 20.2. The van der Waals surface area contributed by atoms with Crippen LogP contribution in [-0.4, -0.2) is 19.6 Å². The highest BCUT2D eigenvalue weighted by Crippen LogP contribution is 2.20. The summed E-state index contributed by atoms with van der Waals surface area (Å²) in [5, 5.41) is 0. The van der Waals surface area contributed by atoms with Gasteiger partial charge < -0.3 is 0 Å². The van der Waals surface area contributed by atoms with Crippen molar-refractivity contribution in [3.63, 3.8) is 0 Å². The van der Waals surface area contributed by atoms with Crippen molar-refractivity contribution >= 4 is 10.4 Å². The van der Waals surface area contributed by atoms with E-state index < -0.39 is 10.4 Å². The molecule has 0 rings (SSSR count). The summed E-state index contributed by atoms with van der Waals surface area (Å²) in [6.07, 6.45) is 22.6. The lowest BCUT2D eigenvalue weighted by Gasteiger charge is -2.16. The fraction of sp³-hybridized carbons (Fsp3) is 1.00. The summed E-state index contributed by atoms with van der Waals surface area (Å²) in [6.45, 7) is 4.59. The Labute approximate surface area is 169 Å². The van der Waals surface area contributed by atoms with Crippen molar-refractivity contribution in [2.45, 2.75) is 129 Å². The summed E-state index contributed by atoms with van der Waals surface area (Å²) in [5.41, 5.74) is 0. The molecule has 0 amide bonds. The molecule has 27 heavy (non-hydrogen) atoms. The van der Waals surface area contributed by atoms with Gasteiger partial charge in [-0.1, -0.05) is 117 Å². The third-order valence-electron chi connectivity index (χ3n) is 5.38. The molecule has 0 bridgehead atoms. The number of hydrogen-bond acceptors (Lipinski definition) is 3. The molecule has 0 saturated carbocycles. The van der Waals surface area contributed by atoms with Gasteiger partial charge in [0.15, 0.2) is 0 Å². The molecule has 164 valence electrons. The largest absolute Gasteiger partial charge is 0.397 e. The summed E-state index contributed by atoms with van der Waals surface area (Å²) < 4.78 is 35.2. The van der Waals surface area contributed by atoms with Gasteiger partial charge >= 0.3 is 10.4 Å². The van der Waals surface area contributed by atoms with E-state index in [1.165, 1.54) is 89.9 Å². The quantitative estimate of drug-likeness (QED) is 0.158. The average molecular weight is 407 g/mol. The second kappa shape index (κ2) is 19.2. The fourth-order valence-corrected chi connectivity index (χ4v) is 3.99. The van der Waals surface area contributed by atoms with Crippen molar-refractivity contribution in [1.29, 1.82) is 0 Å². The Balaban J connectivity index is 3.74. The highest BCUT2D eigenvalue weighted by molar-refractivity contribution is 7.80. The second-order valence-electron chi connectivity index (χ2n) is 8.11. The topological polar surface area (TPSA) is 63.6 Å². The maximum atomic E-state index is 10.8. The molecule has 0 aliphatic rings. The molecule has 0 heterocycles. The van der Waals surface area contributed by atoms with Crippen molar-refractivity contribution in [3.8, 4) is 0 Å². The van der Waals surface area contributed by atoms with Crippen molar-refractivity contribution in [1.82, 2.24) is 0 Å². The Bertz CT molecular complexity index is 395. The number of hydrogen-bond donors (Lipinski definition) is 1. The van der Waals surface area contributed by atoms with Crippen LogP contribution in [0.2, 0.25) is 0 Å². The van der Waals surface area contributed by atoms with E-state index in [9.17, 15) is 8.42 Å². The molecule has 0 aromatic rings. The van der Waals surface area contributed by atoms with Crippen molar-refractivity contribution in [3.05, 3.63) is 0 Å². The summed E-state index contributed by atoms with van der Waals surface area (Å²) >= 11 is 0. The van der Waals surface area contributed by atoms with E-state index in [2.05, 4.69) is 18.0 Å². The molecule has 0 spiro atoms. The zero-order valence-electron chi connectivity index (χ0n) is 18.1. The van der Waals surface area contributed by atoms with Gasteiger partial charge in [0.25, 0.3) is 0 Å². The SMILES string of the molecule is CCCCCCCCCCCCCC(CCCCCCC)COS(=O)(=O)O. The van der Waals surface area contributed by atoms with Crippen LogP contribution < -0.4 is 0 Å². The first-order chi connectivity index (χ1) is 13.0. The molecule has 0 aliphatic heterocycles. The maximum absolute atomic E-state index is 10.8. The summed E-state index contributed by atoms with van der Waals surface area (Å²) in [6, 6.07) is 0. The van der Waals surface area contributed by atoms with Gasteiger partial charge in [-0.25, -0.2) is 4.18 Å². The van der Waals surface area contributed by atoms with E-state index in [0.29, 0.717) is 0 Å². The van der Waals surface area contributed by atoms with Crippen LogP contribution in [0.5, 0.6) is 0 Å². The van der Waals surface area contributed by atoms with Crippen LogP contribution in [0, 0.1) is 5.92 Å². The highest BCUT2D eigenvalue weighted by atomic mass is 32.3. The third kappa shape index (κ3) is 22.0. The lowest BCUT2D eigenvalue weighted by atomic mass is 9.95. The smallest absolute Gasteiger partial charge is 0.264 e. The van der Waals surface area contributed by atoms with Crippen LogP contribution in [0.15, 0.2) is 0 Å². The van der Waals surface area contributed by atoms with Crippen molar-refractivity contribution < 1.29 is 17.2 Å². The molecule has 0 aromatic carbocycles. The van der Waals surface area contributed by atoms with Gasteiger partial charge in [-0.05, 0) is 18.8 Å². The van der Waals surface area contributed by atoms with Crippen molar-refractivity contribution in [2.75, 3.05) is 6.61 Å². The number of unbranched alkanes of at least 4 members (excludes halogenated alkanes) is 14. The molecular weight excluding hydrogens is 360 g/mol. The van der Waals surface area contributed by atoms with Gasteiger partial charge in [-0.2, -0.15) is 8.42 Å². The van der Waals surface area contributed by atoms with E-state index in [4.69, 9.17) is 4.55 Å². The minimum Gasteiger partial charge on any atom is -0.264 e. The lowest BCUT2D eigenvalue weighted by molar-refractivity contribution is 0.204. The Morgan fingerprint density at radius 3 is 1.30 bits per heavy atom. The van der Waals surface area contributed by atoms with E-state index in [-0.39, 0.29) is 12.5 Å². The average Bonchev–Trinajstić information content (AvgIpc) is 2.62. The Hall–Kier alpha value is -0.130. The van der Waals surface area contributed by atoms with Crippen molar-refractivity contribution in [2.24, 2.45) is 5.92 Å². The predicted octanol–water partition coefficient (Wildman–Crippen LogP) is 7.48. The molecular formula is C22H46O4S. The highest BCUT2D eigenvalue weighted by Gasteiger charge is 2.13. The summed E-state index contributed by atoms with van der Waals surface area (Å²) in [5.74, 6) is 0.243. The monoisotopic (exact) mass is 406 g/mol. The standard InChI is InChI=1S/C22H46O4S/c1-3-5-7-9-10-11-12-13-14-16-18-20-22(21-26-27(23,24)25)19-17-15-8-6-4-2/h22H,3-21H2,1-2H3,(H,23,24,25). The van der Waals surface area contributed by atoms with Gasteiger partial charge in [0, 0.05) is 0 Å². The van der Waals surface area contributed by atoms with Gasteiger partial charge in [0.1, 0.15) is 0 Å². The van der Waals surface area contributed by atoms with E-state index >= 15 is 0 Å². The first kappa shape index (κ1) is 26.9. The Morgan fingerprint density at radius 2 is 0.963 bits per heavy atom. The predicted molar refractivity (Wildman–Crippen MR) is 115 cm³/mol. The molecule has 1 N–H and O–H groups in total. The second-order valence-corrected chi connectivity index (χ2v) is 9.20. The maximum Gasteiger partial charge on any atom is 0.397 e. The van der Waals surface area contributed by atoms with Crippen LogP contribution in [0.1, 0.15) is 129 Å². The normalized spacial score (nSPS) is 13.1. The van der Waals surface area contributed by atoms with Gasteiger partial charge in [0.2, 0.25) is 0 Å². The first-order valence-electron chi connectivity index (χ1n) is 11.6. The van der Waals surface area contributed by atoms with Gasteiger partial charge in [-0.3, -0.25) is 4.55 Å². The van der Waals surface area contributed by atoms with Gasteiger partial charge in [-0.15, -0.1) is 0 Å². The molecule has 0 fully saturated rings. The molecule has 0 radical (unpaired) electrons. The molecule has 0 aromatic heterocycles. The van der Waals surface area contributed by atoms with E-state index in [0.717, 1.165) is 25.7 Å². The molecule has 4 nitrogen and oxygen atoms in total. The summed E-state index contributed by atoms with van der Waals surface area (Å²) in [4.78, 5) is 0. The molecule has 1 unspecified atom stereocenters. The van der Waals surface area contributed by atoms with Crippen LogP contribution in [0.25, 0.3) is 0 Å². The Morgan fingerprint density at radius 1 is 0.630 bits per heavy atom. The Kier molecular flexibility index (Phi) is 19.1. The van der Waals surface area contributed by atoms with Gasteiger partial charge in [0.05, 0.1) is 6.61 Å². The van der Waals surface area contributed by atoms with Crippen LogP contribution in [0.4, 0.5) is 0 Å². The third-order valence-corrected chi connectivity index (χ3v) is 5.82. The van der Waals surface area contributed by atoms with Crippen LogP contribution >= 0.6 is 0 Å². The zero-order valence-corrected chi connectivity index (χ0v) is 18.9. The minimum absolute atomic E-state index is 0.129. The molecule has 0 saturated heterocycles. The van der Waals surface area contributed by atoms with Crippen LogP contribution in [0.3, 0.4) is 0 Å².